The average Bonchev–Trinajstić information content (AvgIpc) is 2.33. The third-order valence-electron chi connectivity index (χ3n) is 3.83. The molecule has 0 bridgehead atoms. The van der Waals surface area contributed by atoms with Crippen LogP contribution >= 0.6 is 15.9 Å². The highest BCUT2D eigenvalue weighted by Crippen LogP contribution is 2.34. The Morgan fingerprint density at radius 1 is 1.40 bits per heavy atom. The van der Waals surface area contributed by atoms with Gasteiger partial charge in [0.1, 0.15) is 0 Å². The van der Waals surface area contributed by atoms with Crippen molar-refractivity contribution in [2.75, 3.05) is 5.32 Å². The van der Waals surface area contributed by atoms with Gasteiger partial charge in [-0.1, -0.05) is 22.9 Å². The van der Waals surface area contributed by atoms with Crippen molar-refractivity contribution in [3.8, 4) is 0 Å². The van der Waals surface area contributed by atoms with Crippen LogP contribution < -0.4 is 10.6 Å². The van der Waals surface area contributed by atoms with Crippen LogP contribution in [0.1, 0.15) is 43.0 Å². The molecule has 108 valence electrons. The van der Waals surface area contributed by atoms with Crippen molar-refractivity contribution in [1.29, 1.82) is 0 Å². The summed E-state index contributed by atoms with van der Waals surface area (Å²) in [6.45, 7) is 2.04. The number of carbonyl (C=O) groups excluding carboxylic acids is 1. The summed E-state index contributed by atoms with van der Waals surface area (Å²) in [6, 6.07) is 4.32. The van der Waals surface area contributed by atoms with Crippen LogP contribution in [0.15, 0.2) is 22.7 Å². The number of urea groups is 1. The van der Waals surface area contributed by atoms with Gasteiger partial charge in [-0.25, -0.2) is 9.59 Å². The number of halogens is 1. The van der Waals surface area contributed by atoms with E-state index >= 15 is 0 Å². The van der Waals surface area contributed by atoms with Gasteiger partial charge >= 0.3 is 12.0 Å². The molecule has 1 aliphatic carbocycles. The molecule has 2 amide bonds. The molecule has 3 N–H and O–H groups in total. The number of aromatic carboxylic acids is 1. The highest BCUT2D eigenvalue weighted by Gasteiger charge is 2.36. The van der Waals surface area contributed by atoms with E-state index in [-0.39, 0.29) is 22.8 Å². The minimum atomic E-state index is -1.07. The Balaban J connectivity index is 2.11. The van der Waals surface area contributed by atoms with E-state index in [0.717, 1.165) is 25.7 Å². The van der Waals surface area contributed by atoms with Gasteiger partial charge in [-0.3, -0.25) is 0 Å². The first-order valence-electron chi connectivity index (χ1n) is 6.58. The van der Waals surface area contributed by atoms with Gasteiger partial charge in [0.05, 0.1) is 11.3 Å². The molecular formula is C14H17BrN2O3. The van der Waals surface area contributed by atoms with Crippen molar-refractivity contribution in [1.82, 2.24) is 5.32 Å². The molecule has 1 aromatic rings. The highest BCUT2D eigenvalue weighted by molar-refractivity contribution is 9.10. The standard InChI is InChI=1S/C14H17BrN2O3/c1-2-14(6-3-7-14)17-13(20)16-11-8-9(15)4-5-10(11)12(18)19/h4-5,8H,2-3,6-7H2,1H3,(H,18,19)(H2,16,17,20). The second-order valence-corrected chi connectivity index (χ2v) is 5.98. The van der Waals surface area contributed by atoms with Crippen LogP contribution in [0, 0.1) is 0 Å². The fraction of sp³-hybridized carbons (Fsp3) is 0.429. The summed E-state index contributed by atoms with van der Waals surface area (Å²) >= 11 is 3.27. The lowest BCUT2D eigenvalue weighted by atomic mass is 9.75. The monoisotopic (exact) mass is 340 g/mol. The van der Waals surface area contributed by atoms with Crippen LogP contribution in [0.4, 0.5) is 10.5 Å². The lowest BCUT2D eigenvalue weighted by Crippen LogP contribution is -2.54. The Bertz CT molecular complexity index is 536. The number of carboxylic acid groups (broad SMARTS) is 1. The van der Waals surface area contributed by atoms with Crippen LogP contribution in [0.25, 0.3) is 0 Å². The van der Waals surface area contributed by atoms with E-state index in [1.807, 2.05) is 6.92 Å². The Kier molecular flexibility index (Phi) is 4.32. The van der Waals surface area contributed by atoms with Gasteiger partial charge in [-0.05, 0) is 43.9 Å². The number of amides is 2. The summed E-state index contributed by atoms with van der Waals surface area (Å²) < 4.78 is 0.714. The quantitative estimate of drug-likeness (QED) is 0.783. The molecule has 2 rings (SSSR count). The number of benzene rings is 1. The van der Waals surface area contributed by atoms with Crippen LogP contribution in [0.2, 0.25) is 0 Å². The second-order valence-electron chi connectivity index (χ2n) is 5.06. The van der Waals surface area contributed by atoms with E-state index in [0.29, 0.717) is 4.47 Å². The summed E-state index contributed by atoms with van der Waals surface area (Å²) in [6.07, 6.45) is 3.94. The van der Waals surface area contributed by atoms with E-state index < -0.39 is 5.97 Å². The number of hydrogen-bond acceptors (Lipinski definition) is 2. The molecule has 0 aliphatic heterocycles. The molecule has 20 heavy (non-hydrogen) atoms. The largest absolute Gasteiger partial charge is 0.478 e. The Labute approximate surface area is 125 Å². The maximum Gasteiger partial charge on any atom is 0.337 e. The molecule has 0 saturated heterocycles. The number of nitrogens with one attached hydrogen (secondary N) is 2. The lowest BCUT2D eigenvalue weighted by Gasteiger charge is -2.41. The summed E-state index contributed by atoms with van der Waals surface area (Å²) in [5, 5.41) is 14.7. The van der Waals surface area contributed by atoms with Gasteiger partial charge < -0.3 is 15.7 Å². The molecule has 0 spiro atoms. The lowest BCUT2D eigenvalue weighted by molar-refractivity contribution is 0.0698. The van der Waals surface area contributed by atoms with Crippen molar-refractivity contribution >= 4 is 33.6 Å². The summed E-state index contributed by atoms with van der Waals surface area (Å²) in [7, 11) is 0. The Hall–Kier alpha value is -1.56. The van der Waals surface area contributed by atoms with Crippen molar-refractivity contribution < 1.29 is 14.7 Å². The molecule has 0 aromatic heterocycles. The van der Waals surface area contributed by atoms with Gasteiger partial charge in [0.2, 0.25) is 0 Å². The van der Waals surface area contributed by atoms with Crippen LogP contribution in [0.5, 0.6) is 0 Å². The zero-order chi connectivity index (χ0) is 14.8. The third-order valence-corrected chi connectivity index (χ3v) is 4.32. The number of anilines is 1. The van der Waals surface area contributed by atoms with Crippen molar-refractivity contribution in [2.45, 2.75) is 38.1 Å². The first kappa shape index (κ1) is 14.8. The average molecular weight is 341 g/mol. The second kappa shape index (κ2) is 5.83. The van der Waals surface area contributed by atoms with Gasteiger partial charge in [0.15, 0.2) is 0 Å². The molecule has 1 saturated carbocycles. The fourth-order valence-electron chi connectivity index (χ4n) is 2.37. The number of carbonyl (C=O) groups is 2. The molecule has 6 heteroatoms. The Morgan fingerprint density at radius 3 is 2.60 bits per heavy atom. The Morgan fingerprint density at radius 2 is 2.10 bits per heavy atom. The minimum Gasteiger partial charge on any atom is -0.478 e. The topological polar surface area (TPSA) is 78.4 Å². The molecule has 1 fully saturated rings. The maximum atomic E-state index is 12.0. The molecule has 0 atom stereocenters. The fourth-order valence-corrected chi connectivity index (χ4v) is 2.73. The molecule has 1 aliphatic rings. The molecule has 5 nitrogen and oxygen atoms in total. The van der Waals surface area contributed by atoms with Crippen LogP contribution in [-0.2, 0) is 0 Å². The van der Waals surface area contributed by atoms with E-state index in [1.165, 1.54) is 6.07 Å². The first-order valence-corrected chi connectivity index (χ1v) is 7.37. The van der Waals surface area contributed by atoms with E-state index in [4.69, 9.17) is 5.11 Å². The van der Waals surface area contributed by atoms with Crippen LogP contribution in [0.3, 0.4) is 0 Å². The number of rotatable bonds is 4. The SMILES string of the molecule is CCC1(NC(=O)Nc2cc(Br)ccc2C(=O)O)CCC1. The molecule has 0 heterocycles. The summed E-state index contributed by atoms with van der Waals surface area (Å²) in [4.78, 5) is 23.2. The molecular weight excluding hydrogens is 324 g/mol. The maximum absolute atomic E-state index is 12.0. The first-order chi connectivity index (χ1) is 9.46. The van der Waals surface area contributed by atoms with E-state index in [9.17, 15) is 9.59 Å². The van der Waals surface area contributed by atoms with Gasteiger partial charge in [-0.2, -0.15) is 0 Å². The number of carboxylic acids is 1. The smallest absolute Gasteiger partial charge is 0.337 e. The number of hydrogen-bond donors (Lipinski definition) is 3. The normalized spacial score (nSPS) is 16.1. The third kappa shape index (κ3) is 3.12. The van der Waals surface area contributed by atoms with Gasteiger partial charge in [0, 0.05) is 10.0 Å². The van der Waals surface area contributed by atoms with Crippen molar-refractivity contribution in [2.24, 2.45) is 0 Å². The zero-order valence-electron chi connectivity index (χ0n) is 11.2. The van der Waals surface area contributed by atoms with Crippen molar-refractivity contribution in [3.05, 3.63) is 28.2 Å². The van der Waals surface area contributed by atoms with Crippen molar-refractivity contribution in [3.63, 3.8) is 0 Å². The van der Waals surface area contributed by atoms with Gasteiger partial charge in [-0.15, -0.1) is 0 Å². The molecule has 1 aromatic carbocycles. The predicted octanol–water partition coefficient (Wildman–Crippen LogP) is 3.60. The van der Waals surface area contributed by atoms with E-state index in [1.54, 1.807) is 12.1 Å². The summed E-state index contributed by atoms with van der Waals surface area (Å²) in [5.74, 6) is -1.07. The summed E-state index contributed by atoms with van der Waals surface area (Å²) in [5.41, 5.74) is 0.233. The predicted molar refractivity (Wildman–Crippen MR) is 80.1 cm³/mol. The molecule has 0 radical (unpaired) electrons. The highest BCUT2D eigenvalue weighted by atomic mass is 79.9. The van der Waals surface area contributed by atoms with Gasteiger partial charge in [0.25, 0.3) is 0 Å². The zero-order valence-corrected chi connectivity index (χ0v) is 12.8. The molecule has 0 unspecified atom stereocenters. The minimum absolute atomic E-state index is 0.0718. The van der Waals surface area contributed by atoms with E-state index in [2.05, 4.69) is 26.6 Å². The van der Waals surface area contributed by atoms with Crippen LogP contribution in [-0.4, -0.2) is 22.6 Å².